The lowest BCUT2D eigenvalue weighted by Crippen LogP contribution is -2.31. The van der Waals surface area contributed by atoms with Crippen LogP contribution in [0.5, 0.6) is 11.5 Å². The van der Waals surface area contributed by atoms with Crippen molar-refractivity contribution >= 4 is 40.8 Å². The standard InChI is InChI=1S/C18H19ClN4O4S/c1-3-20-18(28)22-21-10-13-8-15(19)17(16(9-13)26-2)27-11-12-4-6-14(7-5-12)23(24)25/h4-10H,3,11H2,1-2H3,(H2,20,22,28). The van der Waals surface area contributed by atoms with Gasteiger partial charge in [-0.2, -0.15) is 5.10 Å². The molecule has 2 aromatic rings. The van der Waals surface area contributed by atoms with Crippen LogP contribution in [0.2, 0.25) is 5.02 Å². The van der Waals surface area contributed by atoms with E-state index in [1.54, 1.807) is 30.5 Å². The van der Waals surface area contributed by atoms with E-state index >= 15 is 0 Å². The number of hydrogen-bond acceptors (Lipinski definition) is 6. The fraction of sp³-hybridized carbons (Fsp3) is 0.222. The molecule has 0 amide bonds. The zero-order valence-corrected chi connectivity index (χ0v) is 16.8. The second kappa shape index (κ2) is 10.4. The van der Waals surface area contributed by atoms with Crippen LogP contribution in [0.15, 0.2) is 41.5 Å². The number of thiocarbonyl (C=S) groups is 1. The Balaban J connectivity index is 2.09. The van der Waals surface area contributed by atoms with Gasteiger partial charge in [-0.25, -0.2) is 0 Å². The van der Waals surface area contributed by atoms with Gasteiger partial charge in [-0.05, 0) is 54.5 Å². The summed E-state index contributed by atoms with van der Waals surface area (Å²) in [6, 6.07) is 9.48. The molecule has 0 atom stereocenters. The molecule has 2 rings (SSSR count). The average Bonchev–Trinajstić information content (AvgIpc) is 2.67. The Hall–Kier alpha value is -2.91. The van der Waals surface area contributed by atoms with Crippen LogP contribution in [0, 0.1) is 10.1 Å². The number of methoxy groups -OCH3 is 1. The number of non-ortho nitro benzene ring substituents is 1. The van der Waals surface area contributed by atoms with E-state index in [9.17, 15) is 10.1 Å². The number of hydrogen-bond donors (Lipinski definition) is 2. The van der Waals surface area contributed by atoms with Crippen molar-refractivity contribution in [3.63, 3.8) is 0 Å². The number of nitro groups is 1. The van der Waals surface area contributed by atoms with Crippen LogP contribution in [0.1, 0.15) is 18.1 Å². The minimum Gasteiger partial charge on any atom is -0.493 e. The highest BCUT2D eigenvalue weighted by Gasteiger charge is 2.12. The molecule has 28 heavy (non-hydrogen) atoms. The lowest BCUT2D eigenvalue weighted by Gasteiger charge is -2.13. The highest BCUT2D eigenvalue weighted by atomic mass is 35.5. The largest absolute Gasteiger partial charge is 0.493 e. The molecule has 148 valence electrons. The molecule has 0 aliphatic heterocycles. The first kappa shape index (κ1) is 21.4. The number of nitrogens with zero attached hydrogens (tertiary/aromatic N) is 2. The molecule has 0 aliphatic rings. The second-order valence-electron chi connectivity index (χ2n) is 5.48. The minimum absolute atomic E-state index is 0.0187. The van der Waals surface area contributed by atoms with Crippen molar-refractivity contribution in [2.75, 3.05) is 13.7 Å². The smallest absolute Gasteiger partial charge is 0.269 e. The third-order valence-corrected chi connectivity index (χ3v) is 4.02. The molecule has 0 radical (unpaired) electrons. The Morgan fingerprint density at radius 2 is 2.07 bits per heavy atom. The Labute approximate surface area is 172 Å². The number of hydrazone groups is 1. The van der Waals surface area contributed by atoms with Crippen LogP contribution in [0.25, 0.3) is 0 Å². The lowest BCUT2D eigenvalue weighted by molar-refractivity contribution is -0.384. The Morgan fingerprint density at radius 3 is 2.68 bits per heavy atom. The molecule has 0 saturated heterocycles. The van der Waals surface area contributed by atoms with Gasteiger partial charge in [-0.15, -0.1) is 0 Å². The SMILES string of the molecule is CCNC(=S)NN=Cc1cc(Cl)c(OCc2ccc([N+](=O)[O-])cc2)c(OC)c1. The van der Waals surface area contributed by atoms with Crippen LogP contribution in [-0.2, 0) is 6.61 Å². The van der Waals surface area contributed by atoms with Gasteiger partial charge in [0.2, 0.25) is 0 Å². The fourth-order valence-electron chi connectivity index (χ4n) is 2.19. The maximum Gasteiger partial charge on any atom is 0.269 e. The number of rotatable bonds is 8. The number of halogens is 1. The number of benzene rings is 2. The monoisotopic (exact) mass is 422 g/mol. The predicted molar refractivity (Wildman–Crippen MR) is 112 cm³/mol. The van der Waals surface area contributed by atoms with Crippen molar-refractivity contribution in [3.8, 4) is 11.5 Å². The van der Waals surface area contributed by atoms with E-state index in [1.165, 1.54) is 19.2 Å². The summed E-state index contributed by atoms with van der Waals surface area (Å²) in [6.45, 7) is 2.81. The van der Waals surface area contributed by atoms with Crippen LogP contribution < -0.4 is 20.2 Å². The zero-order valence-electron chi connectivity index (χ0n) is 15.3. The van der Waals surface area contributed by atoms with Crippen molar-refractivity contribution in [1.82, 2.24) is 10.7 Å². The van der Waals surface area contributed by atoms with E-state index in [4.69, 9.17) is 33.3 Å². The molecule has 0 spiro atoms. The van der Waals surface area contributed by atoms with Crippen molar-refractivity contribution in [2.24, 2.45) is 5.10 Å². The van der Waals surface area contributed by atoms with E-state index in [0.29, 0.717) is 33.7 Å². The molecule has 0 heterocycles. The van der Waals surface area contributed by atoms with Gasteiger partial charge < -0.3 is 14.8 Å². The molecule has 0 aliphatic carbocycles. The van der Waals surface area contributed by atoms with E-state index in [2.05, 4.69) is 15.8 Å². The van der Waals surface area contributed by atoms with Crippen molar-refractivity contribution in [3.05, 3.63) is 62.7 Å². The van der Waals surface area contributed by atoms with E-state index in [0.717, 1.165) is 5.56 Å². The third-order valence-electron chi connectivity index (χ3n) is 3.50. The van der Waals surface area contributed by atoms with Gasteiger partial charge in [0.25, 0.3) is 5.69 Å². The Morgan fingerprint density at radius 1 is 1.36 bits per heavy atom. The molecule has 0 bridgehead atoms. The normalized spacial score (nSPS) is 10.5. The van der Waals surface area contributed by atoms with Gasteiger partial charge in [0.15, 0.2) is 16.6 Å². The maximum absolute atomic E-state index is 10.7. The van der Waals surface area contributed by atoms with Gasteiger partial charge in [0.1, 0.15) is 6.61 Å². The number of ether oxygens (including phenoxy) is 2. The summed E-state index contributed by atoms with van der Waals surface area (Å²) in [5.74, 6) is 0.806. The van der Waals surface area contributed by atoms with Crippen molar-refractivity contribution < 1.29 is 14.4 Å². The summed E-state index contributed by atoms with van der Waals surface area (Å²) in [5.41, 5.74) is 4.16. The van der Waals surface area contributed by atoms with Crippen LogP contribution in [0.4, 0.5) is 5.69 Å². The summed E-state index contributed by atoms with van der Waals surface area (Å²) in [5, 5.41) is 18.4. The summed E-state index contributed by atoms with van der Waals surface area (Å²) < 4.78 is 11.1. The van der Waals surface area contributed by atoms with E-state index in [1.807, 2.05) is 6.92 Å². The van der Waals surface area contributed by atoms with Gasteiger partial charge in [-0.1, -0.05) is 11.6 Å². The maximum atomic E-state index is 10.7. The Kier molecular flexibility index (Phi) is 7.97. The molecule has 2 N–H and O–H groups in total. The Bertz CT molecular complexity index is 875. The summed E-state index contributed by atoms with van der Waals surface area (Å²) >= 11 is 11.3. The minimum atomic E-state index is -0.454. The molecule has 10 heteroatoms. The van der Waals surface area contributed by atoms with Gasteiger partial charge >= 0.3 is 0 Å². The molecule has 2 aromatic carbocycles. The third kappa shape index (κ3) is 6.07. The van der Waals surface area contributed by atoms with Crippen molar-refractivity contribution in [2.45, 2.75) is 13.5 Å². The van der Waals surface area contributed by atoms with E-state index in [-0.39, 0.29) is 12.3 Å². The van der Waals surface area contributed by atoms with Gasteiger partial charge in [0.05, 0.1) is 23.3 Å². The molecule has 8 nitrogen and oxygen atoms in total. The van der Waals surface area contributed by atoms with Gasteiger partial charge in [0, 0.05) is 18.7 Å². The predicted octanol–water partition coefficient (Wildman–Crippen LogP) is 3.65. The highest BCUT2D eigenvalue weighted by Crippen LogP contribution is 2.36. The molecule has 0 saturated carbocycles. The van der Waals surface area contributed by atoms with Crippen LogP contribution in [-0.4, -0.2) is 29.9 Å². The highest BCUT2D eigenvalue weighted by molar-refractivity contribution is 7.80. The zero-order chi connectivity index (χ0) is 20.5. The first-order valence-electron chi connectivity index (χ1n) is 8.25. The number of nitro benzene ring substituents is 1. The average molecular weight is 423 g/mol. The molecule has 0 unspecified atom stereocenters. The molecular formula is C18H19ClN4O4S. The number of nitrogens with one attached hydrogen (secondary N) is 2. The molecule has 0 fully saturated rings. The lowest BCUT2D eigenvalue weighted by atomic mass is 10.2. The topological polar surface area (TPSA) is 98.0 Å². The van der Waals surface area contributed by atoms with Crippen molar-refractivity contribution in [1.29, 1.82) is 0 Å². The summed E-state index contributed by atoms with van der Waals surface area (Å²) in [4.78, 5) is 10.3. The quantitative estimate of drug-likeness (QED) is 0.290. The summed E-state index contributed by atoms with van der Waals surface area (Å²) in [6.07, 6.45) is 1.55. The van der Waals surface area contributed by atoms with Gasteiger partial charge in [-0.3, -0.25) is 15.5 Å². The van der Waals surface area contributed by atoms with Crippen LogP contribution >= 0.6 is 23.8 Å². The fourth-order valence-corrected chi connectivity index (χ4v) is 2.66. The molecule has 0 aromatic heterocycles. The first-order chi connectivity index (χ1) is 13.4. The summed E-state index contributed by atoms with van der Waals surface area (Å²) in [7, 11) is 1.50. The molecular weight excluding hydrogens is 404 g/mol. The first-order valence-corrected chi connectivity index (χ1v) is 9.03. The van der Waals surface area contributed by atoms with E-state index < -0.39 is 4.92 Å². The second-order valence-corrected chi connectivity index (χ2v) is 6.29. The van der Waals surface area contributed by atoms with Crippen LogP contribution in [0.3, 0.4) is 0 Å².